The Labute approximate surface area is 172 Å². The van der Waals surface area contributed by atoms with E-state index >= 15 is 0 Å². The zero-order valence-electron chi connectivity index (χ0n) is 14.8. The van der Waals surface area contributed by atoms with E-state index < -0.39 is 35.8 Å². The Balaban J connectivity index is 1.81. The molecule has 0 radical (unpaired) electrons. The third-order valence-electron chi connectivity index (χ3n) is 3.83. The van der Waals surface area contributed by atoms with Crippen LogP contribution in [0.15, 0.2) is 16.4 Å². The highest BCUT2D eigenvalue weighted by Crippen LogP contribution is 2.40. The molecule has 0 aromatic carbocycles. The Morgan fingerprint density at radius 3 is 2.86 bits per heavy atom. The molecular weight excluding hydrogens is 424 g/mol. The van der Waals surface area contributed by atoms with Gasteiger partial charge in [0.15, 0.2) is 5.13 Å². The molecule has 0 aliphatic carbocycles. The molecule has 0 bridgehead atoms. The number of carboxylic acids is 1. The minimum atomic E-state index is -1.32. The lowest BCUT2D eigenvalue weighted by Gasteiger charge is -2.48. The van der Waals surface area contributed by atoms with Crippen LogP contribution < -0.4 is 11.1 Å². The number of carboxylic acid groups (broad SMARTS) is 1. The van der Waals surface area contributed by atoms with Gasteiger partial charge in [-0.1, -0.05) is 17.0 Å². The van der Waals surface area contributed by atoms with Gasteiger partial charge in [-0.05, 0) is 0 Å². The van der Waals surface area contributed by atoms with Crippen molar-refractivity contribution in [1.82, 2.24) is 19.6 Å². The van der Waals surface area contributed by atoms with Gasteiger partial charge >= 0.3 is 5.97 Å². The highest BCUT2D eigenvalue weighted by atomic mass is 32.2. The van der Waals surface area contributed by atoms with Gasteiger partial charge in [0.25, 0.3) is 11.8 Å². The van der Waals surface area contributed by atoms with Gasteiger partial charge in [-0.2, -0.15) is 9.36 Å². The van der Waals surface area contributed by atoms with Crippen LogP contribution in [-0.2, 0) is 19.2 Å². The summed E-state index contributed by atoms with van der Waals surface area (Å²) in [6.07, 6.45) is 0. The predicted molar refractivity (Wildman–Crippen MR) is 102 cm³/mol. The van der Waals surface area contributed by atoms with E-state index in [-0.39, 0.29) is 33.7 Å². The van der Waals surface area contributed by atoms with Crippen molar-refractivity contribution in [3.8, 4) is 11.8 Å². The number of amides is 2. The summed E-state index contributed by atoms with van der Waals surface area (Å²) in [7, 11) is 1.23. The average Bonchev–Trinajstić information content (AvgIpc) is 3.13. The molecule has 1 fully saturated rings. The molecule has 1 aromatic heterocycles. The van der Waals surface area contributed by atoms with Crippen LogP contribution in [0.2, 0.25) is 0 Å². The number of aliphatic hydroxyl groups excluding tert-OH is 1. The monoisotopic (exact) mass is 438 g/mol. The molecule has 0 unspecified atom stereocenters. The van der Waals surface area contributed by atoms with Crippen molar-refractivity contribution in [1.29, 1.82) is 0 Å². The number of aliphatic hydroxyl groups is 1. The quantitative estimate of drug-likeness (QED) is 0.177. The van der Waals surface area contributed by atoms with Gasteiger partial charge in [-0.3, -0.25) is 14.5 Å². The molecule has 3 rings (SSSR count). The van der Waals surface area contributed by atoms with Crippen LogP contribution in [0.4, 0.5) is 5.13 Å². The average molecular weight is 438 g/mol. The fourth-order valence-corrected chi connectivity index (χ4v) is 4.39. The molecule has 152 valence electrons. The summed E-state index contributed by atoms with van der Waals surface area (Å²) in [6.45, 7) is -0.437. The number of nitrogens with one attached hydrogen (secondary N) is 1. The summed E-state index contributed by atoms with van der Waals surface area (Å²) in [5.74, 6) is 2.39. The van der Waals surface area contributed by atoms with E-state index in [1.807, 2.05) is 0 Å². The Morgan fingerprint density at radius 1 is 1.52 bits per heavy atom. The number of hydrogen-bond donors (Lipinski definition) is 4. The highest BCUT2D eigenvalue weighted by Gasteiger charge is 2.54. The van der Waals surface area contributed by atoms with Crippen molar-refractivity contribution < 1.29 is 29.4 Å². The summed E-state index contributed by atoms with van der Waals surface area (Å²) in [5, 5.41) is 23.9. The zero-order valence-corrected chi connectivity index (χ0v) is 16.4. The van der Waals surface area contributed by atoms with Gasteiger partial charge in [-0.25, -0.2) is 4.79 Å². The van der Waals surface area contributed by atoms with Gasteiger partial charge in [-0.15, -0.1) is 11.8 Å². The van der Waals surface area contributed by atoms with Crippen LogP contribution in [0.5, 0.6) is 0 Å². The number of aromatic nitrogens is 2. The molecule has 0 saturated carbocycles. The van der Waals surface area contributed by atoms with Gasteiger partial charge in [0.2, 0.25) is 11.5 Å². The number of fused-ring (bicyclic) bond motifs is 1. The normalized spacial score (nSPS) is 21.0. The topological polar surface area (TPSA) is 180 Å². The van der Waals surface area contributed by atoms with Gasteiger partial charge in [0.1, 0.15) is 30.8 Å². The Kier molecular flexibility index (Phi) is 6.01. The first-order valence-electron chi connectivity index (χ1n) is 7.91. The number of oxime groups is 1. The second kappa shape index (κ2) is 8.47. The van der Waals surface area contributed by atoms with Crippen molar-refractivity contribution in [2.45, 2.75) is 11.4 Å². The molecule has 2 atom stereocenters. The number of aliphatic carboxylic acids is 1. The molecule has 2 aliphatic rings. The summed E-state index contributed by atoms with van der Waals surface area (Å²) in [4.78, 5) is 46.4. The lowest BCUT2D eigenvalue weighted by molar-refractivity contribution is -0.150. The maximum absolute atomic E-state index is 12.6. The van der Waals surface area contributed by atoms with Crippen LogP contribution in [0.1, 0.15) is 5.82 Å². The van der Waals surface area contributed by atoms with Gasteiger partial charge < -0.3 is 26.1 Å². The van der Waals surface area contributed by atoms with Crippen molar-refractivity contribution in [2.75, 3.05) is 25.2 Å². The fraction of sp³-hybridized carbons (Fsp3) is 0.333. The first kappa shape index (κ1) is 20.6. The number of rotatable bonds is 5. The molecule has 2 aliphatic heterocycles. The number of hydrogen-bond acceptors (Lipinski definition) is 11. The van der Waals surface area contributed by atoms with Crippen LogP contribution in [0.3, 0.4) is 0 Å². The van der Waals surface area contributed by atoms with E-state index in [4.69, 9.17) is 10.8 Å². The fourth-order valence-electron chi connectivity index (χ4n) is 2.68. The van der Waals surface area contributed by atoms with Crippen LogP contribution in [0.25, 0.3) is 0 Å². The molecule has 1 aromatic rings. The van der Waals surface area contributed by atoms with E-state index in [0.717, 1.165) is 16.4 Å². The molecule has 29 heavy (non-hydrogen) atoms. The van der Waals surface area contributed by atoms with E-state index in [2.05, 4.69) is 36.5 Å². The van der Waals surface area contributed by atoms with Crippen molar-refractivity contribution in [3.63, 3.8) is 0 Å². The largest absolute Gasteiger partial charge is 0.477 e. The number of carbonyl (C=O) groups is 3. The van der Waals surface area contributed by atoms with E-state index in [1.54, 1.807) is 0 Å². The van der Waals surface area contributed by atoms with E-state index in [9.17, 15) is 19.5 Å². The first-order chi connectivity index (χ1) is 13.9. The second-order valence-electron chi connectivity index (χ2n) is 5.53. The van der Waals surface area contributed by atoms with Crippen molar-refractivity contribution >= 4 is 51.9 Å². The van der Waals surface area contributed by atoms with Crippen LogP contribution in [-0.4, -0.2) is 78.9 Å². The standard InChI is InChI=1S/C15H14N6O6S2/c1-27-19-7(10-18-15(16)29-20-10)11(23)17-8-12(24)21-9(14(25)26)6(3-2-4-22)5-28-13(8)21/h8,13,22H,4-5H2,1H3,(H,17,23)(H,25,26)(H2,16,18,20)/b19-7-/t8-,13-/m1/s1. The molecule has 12 nitrogen and oxygen atoms in total. The summed E-state index contributed by atoms with van der Waals surface area (Å²) >= 11 is 2.10. The van der Waals surface area contributed by atoms with Gasteiger partial charge in [0, 0.05) is 22.9 Å². The molecule has 14 heteroatoms. The first-order valence-corrected chi connectivity index (χ1v) is 9.73. The van der Waals surface area contributed by atoms with E-state index in [1.165, 1.54) is 18.9 Å². The van der Waals surface area contributed by atoms with Crippen LogP contribution >= 0.6 is 23.3 Å². The number of nitrogens with zero attached hydrogens (tertiary/aromatic N) is 4. The number of carbonyl (C=O) groups excluding carboxylic acids is 2. The minimum absolute atomic E-state index is 0.0561. The van der Waals surface area contributed by atoms with Crippen molar-refractivity contribution in [2.24, 2.45) is 5.16 Å². The Morgan fingerprint density at radius 2 is 2.28 bits per heavy atom. The maximum Gasteiger partial charge on any atom is 0.353 e. The van der Waals surface area contributed by atoms with Gasteiger partial charge in [0.05, 0.1) is 0 Å². The van der Waals surface area contributed by atoms with Crippen LogP contribution in [0, 0.1) is 11.8 Å². The zero-order chi connectivity index (χ0) is 21.1. The van der Waals surface area contributed by atoms with E-state index in [0.29, 0.717) is 0 Å². The highest BCUT2D eigenvalue weighted by molar-refractivity contribution is 8.00. The summed E-state index contributed by atoms with van der Waals surface area (Å²) in [5.41, 5.74) is 5.21. The molecule has 2 amide bonds. The van der Waals surface area contributed by atoms with Crippen molar-refractivity contribution in [3.05, 3.63) is 17.1 Å². The number of thioether (sulfide) groups is 1. The molecule has 0 spiro atoms. The molecule has 1 saturated heterocycles. The molecular formula is C15H14N6O6S2. The Bertz CT molecular complexity index is 993. The summed E-state index contributed by atoms with van der Waals surface area (Å²) < 4.78 is 3.89. The maximum atomic E-state index is 12.6. The SMILES string of the molecule is CO/N=C(\C(=O)N[C@@H]1C(=O)N2C(C(=O)O)=C(C#CCO)CS[C@H]12)c1nsc(N)n1. The number of nitrogens with two attached hydrogens (primary N) is 1. The summed E-state index contributed by atoms with van der Waals surface area (Å²) in [6, 6.07) is -0.979. The third-order valence-corrected chi connectivity index (χ3v) is 5.65. The number of β-lactam (4-membered cyclic amide) rings is 1. The minimum Gasteiger partial charge on any atom is -0.477 e. The third kappa shape index (κ3) is 3.88. The molecule has 5 N–H and O–H groups in total. The second-order valence-corrected chi connectivity index (χ2v) is 7.42. The predicted octanol–water partition coefficient (Wildman–Crippen LogP) is -1.79. The molecule has 3 heterocycles. The lowest BCUT2D eigenvalue weighted by Crippen LogP contribution is -2.71. The lowest BCUT2D eigenvalue weighted by atomic mass is 10.0. The Hall–Kier alpha value is -3.15. The number of nitrogen functional groups attached to an aromatic ring is 1. The number of anilines is 1. The smallest absolute Gasteiger partial charge is 0.353 e.